The zero-order valence-electron chi connectivity index (χ0n) is 14.7. The molecule has 0 spiro atoms. The highest BCUT2D eigenvalue weighted by atomic mass is 19.1. The Morgan fingerprint density at radius 1 is 0.926 bits per heavy atom. The fraction of sp³-hybridized carbons (Fsp3) is 0.130. The Morgan fingerprint density at radius 2 is 1.81 bits per heavy atom. The lowest BCUT2D eigenvalue weighted by molar-refractivity contribution is 0.624. The van der Waals surface area contributed by atoms with E-state index in [9.17, 15) is 8.78 Å². The van der Waals surface area contributed by atoms with Gasteiger partial charge in [-0.2, -0.15) is 0 Å². The molecule has 0 saturated carbocycles. The zero-order valence-corrected chi connectivity index (χ0v) is 14.7. The van der Waals surface area contributed by atoms with Crippen molar-refractivity contribution in [3.63, 3.8) is 0 Å². The number of allylic oxidation sites excluding steroid dienone is 1. The molecule has 4 rings (SSSR count). The van der Waals surface area contributed by atoms with E-state index < -0.39 is 0 Å². The van der Waals surface area contributed by atoms with Crippen molar-refractivity contribution in [1.82, 2.24) is 4.98 Å². The molecule has 0 fully saturated rings. The SMILES string of the molecule is Fc1cccc(-c2cc(/C=C3/CCCN=C3c3cccnc3)ccc2F)c1. The molecular weight excluding hydrogens is 342 g/mol. The summed E-state index contributed by atoms with van der Waals surface area (Å²) >= 11 is 0. The highest BCUT2D eigenvalue weighted by Gasteiger charge is 2.15. The van der Waals surface area contributed by atoms with Crippen LogP contribution in [0.4, 0.5) is 8.78 Å². The van der Waals surface area contributed by atoms with E-state index in [1.807, 2.05) is 18.2 Å². The molecule has 1 aliphatic rings. The average Bonchev–Trinajstić information content (AvgIpc) is 2.70. The summed E-state index contributed by atoms with van der Waals surface area (Å²) in [6, 6.07) is 14.8. The highest BCUT2D eigenvalue weighted by molar-refractivity contribution is 6.15. The molecule has 0 bridgehead atoms. The summed E-state index contributed by atoms with van der Waals surface area (Å²) in [6.07, 6.45) is 7.46. The molecule has 0 N–H and O–H groups in total. The fourth-order valence-electron chi connectivity index (χ4n) is 3.31. The van der Waals surface area contributed by atoms with Gasteiger partial charge in [-0.3, -0.25) is 9.98 Å². The van der Waals surface area contributed by atoms with Crippen molar-refractivity contribution >= 4 is 11.8 Å². The molecule has 4 heteroatoms. The largest absolute Gasteiger partial charge is 0.284 e. The number of benzene rings is 2. The molecule has 27 heavy (non-hydrogen) atoms. The van der Waals surface area contributed by atoms with Gasteiger partial charge in [0.1, 0.15) is 11.6 Å². The summed E-state index contributed by atoms with van der Waals surface area (Å²) < 4.78 is 27.9. The van der Waals surface area contributed by atoms with E-state index in [4.69, 9.17) is 0 Å². The van der Waals surface area contributed by atoms with Gasteiger partial charge < -0.3 is 0 Å². The Morgan fingerprint density at radius 3 is 2.63 bits per heavy atom. The van der Waals surface area contributed by atoms with Crippen LogP contribution in [0.2, 0.25) is 0 Å². The van der Waals surface area contributed by atoms with Gasteiger partial charge in [0.25, 0.3) is 0 Å². The summed E-state index contributed by atoms with van der Waals surface area (Å²) in [7, 11) is 0. The van der Waals surface area contributed by atoms with Crippen LogP contribution in [0.3, 0.4) is 0 Å². The number of pyridine rings is 1. The Balaban J connectivity index is 1.74. The van der Waals surface area contributed by atoms with Crippen LogP contribution >= 0.6 is 0 Å². The topological polar surface area (TPSA) is 25.2 Å². The van der Waals surface area contributed by atoms with Gasteiger partial charge in [-0.25, -0.2) is 8.78 Å². The predicted molar refractivity (Wildman–Crippen MR) is 105 cm³/mol. The minimum atomic E-state index is -0.381. The molecule has 0 aliphatic carbocycles. The first-order chi connectivity index (χ1) is 13.2. The van der Waals surface area contributed by atoms with E-state index in [-0.39, 0.29) is 11.6 Å². The summed E-state index contributed by atoms with van der Waals surface area (Å²) in [4.78, 5) is 8.85. The molecule has 0 saturated heterocycles. The third-order valence-corrected chi connectivity index (χ3v) is 4.58. The van der Waals surface area contributed by atoms with E-state index in [0.717, 1.165) is 41.8 Å². The molecule has 0 radical (unpaired) electrons. The van der Waals surface area contributed by atoms with Gasteiger partial charge in [-0.15, -0.1) is 0 Å². The summed E-state index contributed by atoms with van der Waals surface area (Å²) in [5.41, 5.74) is 4.80. The summed E-state index contributed by atoms with van der Waals surface area (Å²) in [5, 5.41) is 0. The van der Waals surface area contributed by atoms with E-state index in [1.54, 1.807) is 36.7 Å². The molecule has 2 nitrogen and oxygen atoms in total. The van der Waals surface area contributed by atoms with Crippen LogP contribution in [0.15, 0.2) is 77.6 Å². The third kappa shape index (κ3) is 3.85. The van der Waals surface area contributed by atoms with E-state index >= 15 is 0 Å². The van der Waals surface area contributed by atoms with Gasteiger partial charge in [-0.1, -0.05) is 18.2 Å². The molecule has 1 aliphatic heterocycles. The van der Waals surface area contributed by atoms with Crippen molar-refractivity contribution < 1.29 is 8.78 Å². The van der Waals surface area contributed by atoms with Gasteiger partial charge in [0.15, 0.2) is 0 Å². The molecule has 1 aromatic heterocycles. The van der Waals surface area contributed by atoms with Crippen molar-refractivity contribution in [3.8, 4) is 11.1 Å². The Bertz CT molecular complexity index is 1020. The van der Waals surface area contributed by atoms with Gasteiger partial charge in [0, 0.05) is 30.1 Å². The first-order valence-electron chi connectivity index (χ1n) is 8.92. The third-order valence-electron chi connectivity index (χ3n) is 4.58. The Kier molecular flexibility index (Phi) is 4.88. The minimum absolute atomic E-state index is 0.368. The van der Waals surface area contributed by atoms with E-state index in [1.165, 1.54) is 18.2 Å². The second kappa shape index (κ2) is 7.62. The number of aromatic nitrogens is 1. The van der Waals surface area contributed by atoms with Gasteiger partial charge in [0.05, 0.1) is 5.71 Å². The van der Waals surface area contributed by atoms with Crippen molar-refractivity contribution in [3.05, 3.63) is 95.3 Å². The van der Waals surface area contributed by atoms with Crippen molar-refractivity contribution in [1.29, 1.82) is 0 Å². The van der Waals surface area contributed by atoms with Crippen LogP contribution in [-0.2, 0) is 0 Å². The van der Waals surface area contributed by atoms with Crippen molar-refractivity contribution in [2.45, 2.75) is 12.8 Å². The maximum atomic E-state index is 14.3. The number of halogens is 2. The minimum Gasteiger partial charge on any atom is -0.284 e. The second-order valence-electron chi connectivity index (χ2n) is 6.49. The van der Waals surface area contributed by atoms with Gasteiger partial charge >= 0.3 is 0 Å². The maximum absolute atomic E-state index is 14.3. The molecular formula is C23H18F2N2. The number of hydrogen-bond donors (Lipinski definition) is 0. The van der Waals surface area contributed by atoms with Crippen molar-refractivity contribution in [2.75, 3.05) is 6.54 Å². The normalized spacial score (nSPS) is 15.6. The second-order valence-corrected chi connectivity index (χ2v) is 6.49. The van der Waals surface area contributed by atoms with Crippen LogP contribution in [0.25, 0.3) is 17.2 Å². The lowest BCUT2D eigenvalue weighted by Gasteiger charge is -2.16. The molecule has 3 aromatic rings. The molecule has 0 amide bonds. The number of hydrogen-bond acceptors (Lipinski definition) is 2. The summed E-state index contributed by atoms with van der Waals surface area (Å²) in [5.74, 6) is -0.749. The number of aliphatic imine (C=N–C) groups is 1. The Hall–Kier alpha value is -3.14. The average molecular weight is 360 g/mol. The summed E-state index contributed by atoms with van der Waals surface area (Å²) in [6.45, 7) is 0.791. The standard InChI is InChI=1S/C23H18F2N2/c24-20-7-1-4-17(14-20)21-13-16(8-9-22(21)25)12-18-5-3-11-27-23(18)19-6-2-10-26-15-19/h1-2,4,6-10,12-15H,3,5,11H2/b18-12-. The van der Waals surface area contributed by atoms with Crippen LogP contribution in [0.1, 0.15) is 24.0 Å². The number of rotatable bonds is 3. The Labute approximate surface area is 156 Å². The molecule has 2 aromatic carbocycles. The van der Waals surface area contributed by atoms with Crippen LogP contribution in [0.5, 0.6) is 0 Å². The predicted octanol–water partition coefficient (Wildman–Crippen LogP) is 5.69. The highest BCUT2D eigenvalue weighted by Crippen LogP contribution is 2.27. The molecule has 0 unspecified atom stereocenters. The lowest BCUT2D eigenvalue weighted by atomic mass is 9.94. The monoisotopic (exact) mass is 360 g/mol. The van der Waals surface area contributed by atoms with Gasteiger partial charge in [-0.05, 0) is 72.0 Å². The number of nitrogens with zero attached hydrogens (tertiary/aromatic N) is 2. The zero-order chi connectivity index (χ0) is 18.6. The van der Waals surface area contributed by atoms with Crippen molar-refractivity contribution in [2.24, 2.45) is 4.99 Å². The molecule has 134 valence electrons. The molecule has 2 heterocycles. The lowest BCUT2D eigenvalue weighted by Crippen LogP contribution is -2.11. The van der Waals surface area contributed by atoms with E-state index in [0.29, 0.717) is 11.1 Å². The fourth-order valence-corrected chi connectivity index (χ4v) is 3.31. The first-order valence-corrected chi connectivity index (χ1v) is 8.92. The first kappa shape index (κ1) is 17.3. The van der Waals surface area contributed by atoms with Gasteiger partial charge in [0.2, 0.25) is 0 Å². The van der Waals surface area contributed by atoms with E-state index in [2.05, 4.69) is 9.98 Å². The smallest absolute Gasteiger partial charge is 0.131 e. The van der Waals surface area contributed by atoms with Crippen LogP contribution in [-0.4, -0.2) is 17.2 Å². The van der Waals surface area contributed by atoms with Crippen LogP contribution in [0, 0.1) is 11.6 Å². The quantitative estimate of drug-likeness (QED) is 0.589. The maximum Gasteiger partial charge on any atom is 0.131 e. The van der Waals surface area contributed by atoms with Crippen LogP contribution < -0.4 is 0 Å². The molecule has 0 atom stereocenters.